The van der Waals surface area contributed by atoms with Gasteiger partial charge in [-0.05, 0) is 57.2 Å². The Bertz CT molecular complexity index is 1380. The van der Waals surface area contributed by atoms with Gasteiger partial charge in [0.15, 0.2) is 0 Å². The summed E-state index contributed by atoms with van der Waals surface area (Å²) in [6, 6.07) is 16.0. The Labute approximate surface area is 204 Å². The molecule has 0 atom stereocenters. The highest BCUT2D eigenvalue weighted by Gasteiger charge is 2.27. The van der Waals surface area contributed by atoms with E-state index in [1.807, 2.05) is 20.8 Å². The van der Waals surface area contributed by atoms with Gasteiger partial charge in [-0.2, -0.15) is 5.26 Å². The second kappa shape index (κ2) is 9.75. The molecule has 0 spiro atoms. The minimum Gasteiger partial charge on any atom is -0.328 e. The number of carbonyl (C=O) groups excluding carboxylic acids is 1. The van der Waals surface area contributed by atoms with Crippen molar-refractivity contribution < 1.29 is 13.2 Å². The highest BCUT2D eigenvalue weighted by atomic mass is 35.5. The minimum absolute atomic E-state index is 0.00146. The lowest BCUT2D eigenvalue weighted by atomic mass is 10.1. The number of rotatable bonds is 7. The Hall–Kier alpha value is -3.54. The van der Waals surface area contributed by atoms with Crippen LogP contribution in [0.5, 0.6) is 0 Å². The van der Waals surface area contributed by atoms with Gasteiger partial charge in [0.2, 0.25) is 0 Å². The molecule has 0 fully saturated rings. The van der Waals surface area contributed by atoms with Crippen LogP contribution in [-0.2, 0) is 15.6 Å². The number of carbonyl (C=O) groups is 1. The Morgan fingerprint density at radius 3 is 2.53 bits per heavy atom. The van der Waals surface area contributed by atoms with Crippen LogP contribution in [0.3, 0.4) is 0 Å². The molecule has 1 amide bonds. The Balaban J connectivity index is 1.98. The van der Waals surface area contributed by atoms with E-state index in [2.05, 4.69) is 18.0 Å². The van der Waals surface area contributed by atoms with Crippen LogP contribution >= 0.6 is 11.6 Å². The number of amides is 1. The summed E-state index contributed by atoms with van der Waals surface area (Å²) in [7, 11) is -4.05. The molecule has 1 N–H and O–H groups in total. The van der Waals surface area contributed by atoms with Crippen LogP contribution in [0.1, 0.15) is 36.7 Å². The van der Waals surface area contributed by atoms with Crippen molar-refractivity contribution in [3.05, 3.63) is 89.6 Å². The smallest absolute Gasteiger partial charge is 0.264 e. The molecule has 0 radical (unpaired) electrons. The van der Waals surface area contributed by atoms with Crippen molar-refractivity contribution in [2.75, 3.05) is 16.2 Å². The van der Waals surface area contributed by atoms with Gasteiger partial charge in [-0.1, -0.05) is 35.9 Å². The predicted molar refractivity (Wildman–Crippen MR) is 135 cm³/mol. The third kappa shape index (κ3) is 5.16. The van der Waals surface area contributed by atoms with E-state index in [0.29, 0.717) is 17.1 Å². The monoisotopic (exact) mass is 496 g/mol. The fourth-order valence-corrected chi connectivity index (χ4v) is 5.17. The molecule has 1 heterocycles. The zero-order valence-electron chi connectivity index (χ0n) is 19.1. The third-order valence-corrected chi connectivity index (χ3v) is 7.11. The Morgan fingerprint density at radius 1 is 1.21 bits per heavy atom. The first-order valence-corrected chi connectivity index (χ1v) is 12.2. The molecule has 0 aliphatic carbocycles. The maximum atomic E-state index is 13.5. The molecular weight excluding hydrogens is 472 g/mol. The quantitative estimate of drug-likeness (QED) is 0.443. The summed E-state index contributed by atoms with van der Waals surface area (Å²) in [4.78, 5) is 13.0. The number of anilines is 2. The van der Waals surface area contributed by atoms with Gasteiger partial charge in [0.05, 0.1) is 27.7 Å². The standard InChI is InChI=1S/C25H25ClN4O3S/c1-5-13-30(22-12-7-6-11-21(22)26)34(32,33)20-10-8-9-19(15-20)24(31)28-23-14-18(16-27)17-29(23)25(2,3)4/h5-12,14-15,17H,1,13H2,2-4H3,(H,28,31). The molecule has 9 heteroatoms. The zero-order valence-corrected chi connectivity index (χ0v) is 20.7. The van der Waals surface area contributed by atoms with Crippen LogP contribution < -0.4 is 9.62 Å². The summed E-state index contributed by atoms with van der Waals surface area (Å²) in [5.74, 6) is -0.0650. The van der Waals surface area contributed by atoms with Crippen LogP contribution in [0, 0.1) is 11.3 Å². The fourth-order valence-electron chi connectivity index (χ4n) is 3.39. The first kappa shape index (κ1) is 25.1. The van der Waals surface area contributed by atoms with Crippen LogP contribution in [-0.4, -0.2) is 25.4 Å². The van der Waals surface area contributed by atoms with Gasteiger partial charge in [0.25, 0.3) is 15.9 Å². The molecule has 34 heavy (non-hydrogen) atoms. The number of sulfonamides is 1. The summed E-state index contributed by atoms with van der Waals surface area (Å²) in [5.41, 5.74) is 0.481. The van der Waals surface area contributed by atoms with Gasteiger partial charge in [0, 0.05) is 17.3 Å². The van der Waals surface area contributed by atoms with Crippen LogP contribution in [0.4, 0.5) is 11.5 Å². The van der Waals surface area contributed by atoms with E-state index >= 15 is 0 Å². The third-order valence-electron chi connectivity index (χ3n) is 5.01. The van der Waals surface area contributed by atoms with Crippen LogP contribution in [0.2, 0.25) is 5.02 Å². The Morgan fingerprint density at radius 2 is 1.91 bits per heavy atom. The van der Waals surface area contributed by atoms with E-state index in [-0.39, 0.29) is 27.6 Å². The molecule has 0 saturated carbocycles. The predicted octanol–water partition coefficient (Wildman–Crippen LogP) is 5.40. The lowest BCUT2D eigenvalue weighted by Crippen LogP contribution is -2.31. The Kier molecular flexibility index (Phi) is 7.20. The lowest BCUT2D eigenvalue weighted by Gasteiger charge is -2.25. The molecule has 1 aromatic heterocycles. The summed E-state index contributed by atoms with van der Waals surface area (Å²) < 4.78 is 29.9. The molecule has 0 aliphatic rings. The van der Waals surface area contributed by atoms with Crippen molar-refractivity contribution in [2.24, 2.45) is 0 Å². The van der Waals surface area contributed by atoms with E-state index in [9.17, 15) is 18.5 Å². The van der Waals surface area contributed by atoms with E-state index in [0.717, 1.165) is 4.31 Å². The van der Waals surface area contributed by atoms with Gasteiger partial charge >= 0.3 is 0 Å². The number of hydrogen-bond acceptors (Lipinski definition) is 4. The SMILES string of the molecule is C=CCN(c1ccccc1Cl)S(=O)(=O)c1cccc(C(=O)Nc2cc(C#N)cn2C(C)(C)C)c1. The number of nitrogens with zero attached hydrogens (tertiary/aromatic N) is 3. The largest absolute Gasteiger partial charge is 0.328 e. The molecule has 3 rings (SSSR count). The van der Waals surface area contributed by atoms with Gasteiger partial charge in [-0.25, -0.2) is 8.42 Å². The molecule has 2 aromatic carbocycles. The molecule has 0 saturated heterocycles. The molecule has 7 nitrogen and oxygen atoms in total. The second-order valence-corrected chi connectivity index (χ2v) is 10.8. The number of nitriles is 1. The second-order valence-electron chi connectivity index (χ2n) is 8.52. The van der Waals surface area contributed by atoms with Crippen LogP contribution in [0.15, 0.2) is 78.3 Å². The fraction of sp³-hybridized carbons (Fsp3) is 0.200. The maximum Gasteiger partial charge on any atom is 0.264 e. The van der Waals surface area contributed by atoms with E-state index in [1.54, 1.807) is 41.1 Å². The van der Waals surface area contributed by atoms with Gasteiger partial charge in [-0.3, -0.25) is 9.10 Å². The average molecular weight is 497 g/mol. The van der Waals surface area contributed by atoms with Crippen molar-refractivity contribution in [1.82, 2.24) is 4.57 Å². The molecule has 0 aliphatic heterocycles. The first-order valence-electron chi connectivity index (χ1n) is 10.4. The average Bonchev–Trinajstić information content (AvgIpc) is 3.21. The first-order chi connectivity index (χ1) is 16.0. The van der Waals surface area contributed by atoms with Crippen molar-refractivity contribution >= 4 is 39.0 Å². The number of nitrogens with one attached hydrogen (secondary N) is 1. The minimum atomic E-state index is -4.05. The van der Waals surface area contributed by atoms with Crippen molar-refractivity contribution in [2.45, 2.75) is 31.2 Å². The van der Waals surface area contributed by atoms with Crippen molar-refractivity contribution in [1.29, 1.82) is 5.26 Å². The zero-order chi connectivity index (χ0) is 25.1. The number of aromatic nitrogens is 1. The van der Waals surface area contributed by atoms with Gasteiger partial charge in [-0.15, -0.1) is 6.58 Å². The summed E-state index contributed by atoms with van der Waals surface area (Å²) in [5, 5.41) is 12.3. The van der Waals surface area contributed by atoms with Crippen LogP contribution in [0.25, 0.3) is 0 Å². The van der Waals surface area contributed by atoms with Gasteiger partial charge in [0.1, 0.15) is 11.9 Å². The number of para-hydroxylation sites is 1. The molecule has 176 valence electrons. The molecule has 3 aromatic rings. The highest BCUT2D eigenvalue weighted by Crippen LogP contribution is 2.31. The normalized spacial score (nSPS) is 11.5. The molecule has 0 unspecified atom stereocenters. The lowest BCUT2D eigenvalue weighted by molar-refractivity contribution is 0.102. The van der Waals surface area contributed by atoms with E-state index in [1.165, 1.54) is 30.3 Å². The van der Waals surface area contributed by atoms with E-state index < -0.39 is 15.9 Å². The summed E-state index contributed by atoms with van der Waals surface area (Å²) in [6.45, 7) is 9.49. The summed E-state index contributed by atoms with van der Waals surface area (Å²) in [6.07, 6.45) is 3.12. The van der Waals surface area contributed by atoms with E-state index in [4.69, 9.17) is 11.6 Å². The molecular formula is C25H25ClN4O3S. The number of hydrogen-bond donors (Lipinski definition) is 1. The van der Waals surface area contributed by atoms with Gasteiger partial charge < -0.3 is 9.88 Å². The van der Waals surface area contributed by atoms with Crippen molar-refractivity contribution in [3.8, 4) is 6.07 Å². The number of halogens is 1. The molecule has 0 bridgehead atoms. The maximum absolute atomic E-state index is 13.5. The number of benzene rings is 2. The topological polar surface area (TPSA) is 95.2 Å². The van der Waals surface area contributed by atoms with Crippen molar-refractivity contribution in [3.63, 3.8) is 0 Å². The summed E-state index contributed by atoms with van der Waals surface area (Å²) >= 11 is 6.26. The highest BCUT2D eigenvalue weighted by molar-refractivity contribution is 7.92.